The van der Waals surface area contributed by atoms with Crippen molar-refractivity contribution in [2.75, 3.05) is 0 Å². The molecule has 0 atom stereocenters. The van der Waals surface area contributed by atoms with E-state index in [0.717, 1.165) is 10.2 Å². The topological polar surface area (TPSA) is 138 Å². The predicted molar refractivity (Wildman–Crippen MR) is 77.6 cm³/mol. The van der Waals surface area contributed by atoms with Crippen LogP contribution in [0.25, 0.3) is 11.0 Å². The Balaban J connectivity index is 2.28. The Morgan fingerprint density at radius 2 is 1.59 bits per heavy atom. The first-order valence-electron chi connectivity index (χ1n) is 6.10. The van der Waals surface area contributed by atoms with Crippen LogP contribution in [0.15, 0.2) is 43.5 Å². The average molecular weight is 322 g/mol. The number of aryl methyl sites for hydroxylation is 1. The zero-order valence-corrected chi connectivity index (χ0v) is 12.0. The molecule has 0 aliphatic heterocycles. The van der Waals surface area contributed by atoms with Crippen LogP contribution >= 0.6 is 0 Å². The molecule has 3 N–H and O–H groups in total. The molecule has 0 spiro atoms. The third kappa shape index (κ3) is 2.09. The number of nitrogens with one attached hydrogen (secondary N) is 3. The minimum Gasteiger partial charge on any atom is -0.316 e. The fraction of sp³-hybridized carbons (Fsp3) is 0.0833. The lowest BCUT2D eigenvalue weighted by molar-refractivity contribution is 0.578. The largest absolute Gasteiger partial charge is 0.316 e. The van der Waals surface area contributed by atoms with E-state index < -0.39 is 26.7 Å². The molecule has 0 radical (unpaired) electrons. The number of aromatic amines is 3. The van der Waals surface area contributed by atoms with Crippen LogP contribution in [0, 0.1) is 6.92 Å². The van der Waals surface area contributed by atoms with E-state index in [0.29, 0.717) is 5.52 Å². The highest BCUT2D eigenvalue weighted by Gasteiger charge is 2.20. The summed E-state index contributed by atoms with van der Waals surface area (Å²) in [5.41, 5.74) is -1.57. The lowest BCUT2D eigenvalue weighted by Gasteiger charge is -2.08. The summed E-state index contributed by atoms with van der Waals surface area (Å²) in [6, 6.07) is 4.98. The number of nitrogens with zero attached hydrogens (tertiary/aromatic N) is 1. The van der Waals surface area contributed by atoms with Crippen LogP contribution < -0.4 is 16.7 Å². The van der Waals surface area contributed by atoms with Crippen molar-refractivity contribution in [2.45, 2.75) is 11.8 Å². The Kier molecular flexibility index (Phi) is 2.92. The van der Waals surface area contributed by atoms with E-state index in [4.69, 9.17) is 0 Å². The van der Waals surface area contributed by atoms with Crippen molar-refractivity contribution in [3.8, 4) is 0 Å². The molecule has 0 saturated carbocycles. The van der Waals surface area contributed by atoms with E-state index in [1.165, 1.54) is 25.1 Å². The molecule has 0 aliphatic rings. The molecule has 10 heteroatoms. The number of benzene rings is 1. The smallest absolute Gasteiger partial charge is 0.314 e. The van der Waals surface area contributed by atoms with E-state index in [-0.39, 0.29) is 16.1 Å². The minimum absolute atomic E-state index is 0.141. The minimum atomic E-state index is -4.02. The molecule has 0 saturated heterocycles. The van der Waals surface area contributed by atoms with E-state index in [2.05, 4.69) is 15.1 Å². The SMILES string of the molecule is Cc1cc(=O)[nH]n1S(=O)(=O)c1ccc2[nH]c(=O)c(=O)[nH]c2c1. The van der Waals surface area contributed by atoms with Gasteiger partial charge in [-0.15, -0.1) is 0 Å². The van der Waals surface area contributed by atoms with Gasteiger partial charge in [0.25, 0.3) is 15.6 Å². The van der Waals surface area contributed by atoms with Crippen LogP contribution in [-0.2, 0) is 10.0 Å². The molecule has 0 bridgehead atoms. The molecule has 0 fully saturated rings. The maximum atomic E-state index is 12.5. The molecular weight excluding hydrogens is 312 g/mol. The second-order valence-electron chi connectivity index (χ2n) is 4.65. The van der Waals surface area contributed by atoms with Gasteiger partial charge in [0, 0.05) is 6.07 Å². The van der Waals surface area contributed by atoms with Gasteiger partial charge in [-0.1, -0.05) is 0 Å². The van der Waals surface area contributed by atoms with Crippen molar-refractivity contribution in [3.05, 3.63) is 61.0 Å². The monoisotopic (exact) mass is 322 g/mol. The predicted octanol–water partition coefficient (Wildman–Crippen LogP) is -0.748. The quantitative estimate of drug-likeness (QED) is 0.533. The number of fused-ring (bicyclic) bond motifs is 1. The molecule has 3 rings (SSSR count). The summed E-state index contributed by atoms with van der Waals surface area (Å²) in [6.07, 6.45) is 0. The van der Waals surface area contributed by atoms with Crippen molar-refractivity contribution in [2.24, 2.45) is 0 Å². The standard InChI is InChI=1S/C12H10N4O5S/c1-6-4-10(17)15-16(6)22(20,21)7-2-3-8-9(5-7)14-12(19)11(18)13-8/h2-5H,1H3,(H,13,18)(H,14,19)(H,15,17). The van der Waals surface area contributed by atoms with Gasteiger partial charge < -0.3 is 9.97 Å². The lowest BCUT2D eigenvalue weighted by atomic mass is 10.3. The zero-order chi connectivity index (χ0) is 16.1. The summed E-state index contributed by atoms with van der Waals surface area (Å²) in [5, 5.41) is 2.20. The Hall–Kier alpha value is -2.88. The van der Waals surface area contributed by atoms with Gasteiger partial charge in [0.1, 0.15) is 0 Å². The molecule has 9 nitrogen and oxygen atoms in total. The molecule has 3 aromatic rings. The summed E-state index contributed by atoms with van der Waals surface area (Å²) in [5.74, 6) is 0. The van der Waals surface area contributed by atoms with Crippen molar-refractivity contribution in [1.29, 1.82) is 0 Å². The highest BCUT2D eigenvalue weighted by Crippen LogP contribution is 2.17. The molecule has 0 aliphatic carbocycles. The Labute approximate surface area is 122 Å². The summed E-state index contributed by atoms with van der Waals surface area (Å²) >= 11 is 0. The highest BCUT2D eigenvalue weighted by molar-refractivity contribution is 7.89. The lowest BCUT2D eigenvalue weighted by Crippen LogP contribution is -2.29. The van der Waals surface area contributed by atoms with E-state index >= 15 is 0 Å². The molecule has 2 heterocycles. The average Bonchev–Trinajstić information content (AvgIpc) is 2.79. The number of hydrogen-bond donors (Lipinski definition) is 3. The van der Waals surface area contributed by atoms with Crippen LogP contribution in [0.5, 0.6) is 0 Å². The van der Waals surface area contributed by atoms with Crippen molar-refractivity contribution in [1.82, 2.24) is 19.2 Å². The molecule has 0 unspecified atom stereocenters. The van der Waals surface area contributed by atoms with Gasteiger partial charge in [-0.25, -0.2) is 5.10 Å². The fourth-order valence-corrected chi connectivity index (χ4v) is 3.44. The van der Waals surface area contributed by atoms with Crippen molar-refractivity contribution >= 4 is 21.1 Å². The van der Waals surface area contributed by atoms with Crippen LogP contribution in [0.4, 0.5) is 0 Å². The van der Waals surface area contributed by atoms with Crippen LogP contribution in [0.3, 0.4) is 0 Å². The molecular formula is C12H10N4O5S. The summed E-state index contributed by atoms with van der Waals surface area (Å²) in [7, 11) is -4.02. The summed E-state index contributed by atoms with van der Waals surface area (Å²) < 4.78 is 25.7. The third-order valence-electron chi connectivity index (χ3n) is 3.10. The molecule has 1 aromatic carbocycles. The fourth-order valence-electron chi connectivity index (χ4n) is 2.08. The molecule has 2 aromatic heterocycles. The third-order valence-corrected chi connectivity index (χ3v) is 4.81. The highest BCUT2D eigenvalue weighted by atomic mass is 32.2. The van der Waals surface area contributed by atoms with Gasteiger partial charge in [0.15, 0.2) is 0 Å². The first-order valence-corrected chi connectivity index (χ1v) is 7.54. The van der Waals surface area contributed by atoms with Crippen LogP contribution in [0.2, 0.25) is 0 Å². The number of hydrogen-bond acceptors (Lipinski definition) is 5. The molecule has 0 amide bonds. The second kappa shape index (κ2) is 4.56. The van der Waals surface area contributed by atoms with E-state index in [9.17, 15) is 22.8 Å². The first kappa shape index (κ1) is 14.1. The number of rotatable bonds is 2. The summed E-state index contributed by atoms with van der Waals surface area (Å²) in [6.45, 7) is 1.47. The van der Waals surface area contributed by atoms with Gasteiger partial charge in [0.2, 0.25) is 0 Å². The number of H-pyrrole nitrogens is 3. The summed E-state index contributed by atoms with van der Waals surface area (Å²) in [4.78, 5) is 38.3. The maximum Gasteiger partial charge on any atom is 0.314 e. The van der Waals surface area contributed by atoms with Crippen LogP contribution in [-0.4, -0.2) is 27.6 Å². The normalized spacial score (nSPS) is 11.9. The van der Waals surface area contributed by atoms with Gasteiger partial charge in [0.05, 0.1) is 21.6 Å². The van der Waals surface area contributed by atoms with E-state index in [1.807, 2.05) is 0 Å². The van der Waals surface area contributed by atoms with Gasteiger partial charge in [-0.2, -0.15) is 12.5 Å². The molecule has 22 heavy (non-hydrogen) atoms. The first-order chi connectivity index (χ1) is 10.3. The number of aromatic nitrogens is 4. The van der Waals surface area contributed by atoms with E-state index in [1.54, 1.807) is 0 Å². The van der Waals surface area contributed by atoms with Crippen LogP contribution in [0.1, 0.15) is 5.69 Å². The van der Waals surface area contributed by atoms with Crippen molar-refractivity contribution in [3.63, 3.8) is 0 Å². The Morgan fingerprint density at radius 1 is 0.955 bits per heavy atom. The zero-order valence-electron chi connectivity index (χ0n) is 11.2. The van der Waals surface area contributed by atoms with Crippen molar-refractivity contribution < 1.29 is 8.42 Å². The Bertz CT molecular complexity index is 1160. The van der Waals surface area contributed by atoms with Gasteiger partial charge >= 0.3 is 11.1 Å². The molecule has 114 valence electrons. The second-order valence-corrected chi connectivity index (χ2v) is 6.43. The maximum absolute atomic E-state index is 12.5. The Morgan fingerprint density at radius 3 is 2.18 bits per heavy atom. The van der Waals surface area contributed by atoms with Gasteiger partial charge in [-0.05, 0) is 25.1 Å². The van der Waals surface area contributed by atoms with Gasteiger partial charge in [-0.3, -0.25) is 14.4 Å².